The monoisotopic (exact) mass is 344 g/mol. The van der Waals surface area contributed by atoms with Crippen molar-refractivity contribution in [3.8, 4) is 11.3 Å². The number of aliphatic hydroxyl groups is 1. The number of halogens is 1. The molecule has 1 atom stereocenters. The van der Waals surface area contributed by atoms with Gasteiger partial charge in [0.05, 0.1) is 18.0 Å². The van der Waals surface area contributed by atoms with E-state index in [4.69, 9.17) is 0 Å². The number of benzene rings is 1. The van der Waals surface area contributed by atoms with Crippen LogP contribution in [0.15, 0.2) is 30.5 Å². The van der Waals surface area contributed by atoms with Gasteiger partial charge < -0.3 is 10.0 Å². The second kappa shape index (κ2) is 7.87. The van der Waals surface area contributed by atoms with Crippen LogP contribution >= 0.6 is 0 Å². The van der Waals surface area contributed by atoms with Gasteiger partial charge in [-0.1, -0.05) is 26.0 Å². The van der Waals surface area contributed by atoms with Gasteiger partial charge in [0.15, 0.2) is 0 Å². The van der Waals surface area contributed by atoms with Crippen LogP contribution in [0.5, 0.6) is 0 Å². The van der Waals surface area contributed by atoms with E-state index in [1.54, 1.807) is 12.3 Å². The summed E-state index contributed by atoms with van der Waals surface area (Å²) in [6.45, 7) is 5.87. The maximum atomic E-state index is 13.4. The second-order valence-corrected chi connectivity index (χ2v) is 7.17. The molecule has 0 unspecified atom stereocenters. The molecule has 6 heteroatoms. The molecule has 1 aromatic heterocycles. The highest BCUT2D eigenvalue weighted by Gasteiger charge is 2.27. The number of hydrogen-bond acceptors (Lipinski definition) is 5. The first-order valence-electron chi connectivity index (χ1n) is 8.91. The summed E-state index contributed by atoms with van der Waals surface area (Å²) in [6, 6.07) is 6.33. The summed E-state index contributed by atoms with van der Waals surface area (Å²) in [5, 5.41) is 18.5. The average molecular weight is 344 g/mol. The maximum absolute atomic E-state index is 13.4. The van der Waals surface area contributed by atoms with Crippen molar-refractivity contribution in [2.75, 3.05) is 18.0 Å². The fourth-order valence-corrected chi connectivity index (χ4v) is 3.37. The summed E-state index contributed by atoms with van der Waals surface area (Å²) in [4.78, 5) is 6.64. The largest absolute Gasteiger partial charge is 0.393 e. The van der Waals surface area contributed by atoms with Gasteiger partial charge >= 0.3 is 0 Å². The zero-order valence-corrected chi connectivity index (χ0v) is 14.8. The molecule has 0 bridgehead atoms. The van der Waals surface area contributed by atoms with Gasteiger partial charge in [-0.2, -0.15) is 5.10 Å². The Morgan fingerprint density at radius 3 is 2.72 bits per heavy atom. The van der Waals surface area contributed by atoms with Crippen LogP contribution in [0.3, 0.4) is 0 Å². The number of hydrogen-bond donors (Lipinski definition) is 1. The number of rotatable bonds is 5. The predicted octanol–water partition coefficient (Wildman–Crippen LogP) is 3.30. The number of aliphatic hydroxyl groups excluding tert-OH is 1. The quantitative estimate of drug-likeness (QED) is 0.902. The Balaban J connectivity index is 1.67. The predicted molar refractivity (Wildman–Crippen MR) is 95.6 cm³/mol. The highest BCUT2D eigenvalue weighted by atomic mass is 19.1. The lowest BCUT2D eigenvalue weighted by atomic mass is 9.87. The minimum absolute atomic E-state index is 0.236. The first-order chi connectivity index (χ1) is 12.0. The van der Waals surface area contributed by atoms with Crippen molar-refractivity contribution in [2.45, 2.75) is 39.2 Å². The topological polar surface area (TPSA) is 62.1 Å². The SMILES string of the molecule is CC(C)C[C@H](O)C1CCN(c2nncc(-c3cccc(F)c3)n2)CC1. The molecule has 0 spiro atoms. The van der Waals surface area contributed by atoms with E-state index in [1.807, 2.05) is 6.07 Å². The summed E-state index contributed by atoms with van der Waals surface area (Å²) in [5.74, 6) is 1.11. The van der Waals surface area contributed by atoms with Gasteiger partial charge in [0, 0.05) is 18.7 Å². The molecule has 1 aliphatic heterocycles. The minimum Gasteiger partial charge on any atom is -0.393 e. The molecule has 2 heterocycles. The van der Waals surface area contributed by atoms with E-state index in [-0.39, 0.29) is 11.9 Å². The van der Waals surface area contributed by atoms with Gasteiger partial charge in [-0.25, -0.2) is 9.37 Å². The van der Waals surface area contributed by atoms with Crippen molar-refractivity contribution in [3.05, 3.63) is 36.3 Å². The van der Waals surface area contributed by atoms with Gasteiger partial charge in [0.25, 0.3) is 0 Å². The van der Waals surface area contributed by atoms with Crippen molar-refractivity contribution in [3.63, 3.8) is 0 Å². The van der Waals surface area contributed by atoms with Gasteiger partial charge in [-0.15, -0.1) is 5.10 Å². The molecular weight excluding hydrogens is 319 g/mol. The molecule has 0 radical (unpaired) electrons. The molecule has 1 aromatic carbocycles. The molecular formula is C19H25FN4O. The molecule has 1 aliphatic rings. The molecule has 0 aliphatic carbocycles. The summed E-state index contributed by atoms with van der Waals surface area (Å²) >= 11 is 0. The smallest absolute Gasteiger partial charge is 0.245 e. The van der Waals surface area contributed by atoms with Crippen LogP contribution in [0.2, 0.25) is 0 Å². The van der Waals surface area contributed by atoms with Crippen molar-refractivity contribution in [2.24, 2.45) is 11.8 Å². The van der Waals surface area contributed by atoms with Crippen molar-refractivity contribution in [1.29, 1.82) is 0 Å². The minimum atomic E-state index is -0.294. The Bertz CT molecular complexity index is 701. The lowest BCUT2D eigenvalue weighted by Crippen LogP contribution is -2.39. The van der Waals surface area contributed by atoms with Crippen LogP contribution in [-0.4, -0.2) is 39.5 Å². The molecule has 2 aromatic rings. The van der Waals surface area contributed by atoms with Crippen molar-refractivity contribution < 1.29 is 9.50 Å². The molecule has 5 nitrogen and oxygen atoms in total. The van der Waals surface area contributed by atoms with E-state index in [2.05, 4.69) is 33.9 Å². The van der Waals surface area contributed by atoms with Crippen LogP contribution < -0.4 is 4.90 Å². The lowest BCUT2D eigenvalue weighted by Gasteiger charge is -2.34. The molecule has 1 fully saturated rings. The Hall–Kier alpha value is -2.08. The lowest BCUT2D eigenvalue weighted by molar-refractivity contribution is 0.0733. The van der Waals surface area contributed by atoms with E-state index in [9.17, 15) is 9.50 Å². The van der Waals surface area contributed by atoms with E-state index < -0.39 is 0 Å². The van der Waals surface area contributed by atoms with E-state index in [0.29, 0.717) is 29.0 Å². The van der Waals surface area contributed by atoms with E-state index >= 15 is 0 Å². The van der Waals surface area contributed by atoms with Gasteiger partial charge in [-0.3, -0.25) is 0 Å². The zero-order chi connectivity index (χ0) is 17.8. The molecule has 0 amide bonds. The number of piperidine rings is 1. The van der Waals surface area contributed by atoms with Crippen molar-refractivity contribution >= 4 is 5.95 Å². The number of nitrogens with zero attached hydrogens (tertiary/aromatic N) is 4. The Morgan fingerprint density at radius 2 is 2.04 bits per heavy atom. The Labute approximate surface area is 147 Å². The van der Waals surface area contributed by atoms with Crippen LogP contribution in [0.1, 0.15) is 33.1 Å². The summed E-state index contributed by atoms with van der Waals surface area (Å²) < 4.78 is 13.4. The number of aromatic nitrogens is 3. The van der Waals surface area contributed by atoms with E-state index in [1.165, 1.54) is 12.1 Å². The van der Waals surface area contributed by atoms with Crippen LogP contribution in [-0.2, 0) is 0 Å². The summed E-state index contributed by atoms with van der Waals surface area (Å²) in [5.41, 5.74) is 1.31. The maximum Gasteiger partial charge on any atom is 0.245 e. The average Bonchev–Trinajstić information content (AvgIpc) is 2.61. The van der Waals surface area contributed by atoms with E-state index in [0.717, 1.165) is 32.4 Å². The number of anilines is 1. The fraction of sp³-hybridized carbons (Fsp3) is 0.526. The summed E-state index contributed by atoms with van der Waals surface area (Å²) in [6.07, 6.45) is 4.00. The van der Waals surface area contributed by atoms with Crippen LogP contribution in [0, 0.1) is 17.7 Å². The molecule has 3 rings (SSSR count). The molecule has 0 saturated carbocycles. The highest BCUT2D eigenvalue weighted by Crippen LogP contribution is 2.27. The third-order valence-corrected chi connectivity index (χ3v) is 4.75. The second-order valence-electron chi connectivity index (χ2n) is 7.17. The third kappa shape index (κ3) is 4.51. The Kier molecular flexibility index (Phi) is 5.58. The van der Waals surface area contributed by atoms with Gasteiger partial charge in [-0.05, 0) is 43.2 Å². The fourth-order valence-electron chi connectivity index (χ4n) is 3.37. The molecule has 25 heavy (non-hydrogen) atoms. The molecule has 1 saturated heterocycles. The van der Waals surface area contributed by atoms with Gasteiger partial charge in [0.1, 0.15) is 5.82 Å². The standard InChI is InChI=1S/C19H25FN4O/c1-13(2)10-18(25)14-6-8-24(9-7-14)19-22-17(12-21-23-19)15-4-3-5-16(20)11-15/h3-5,11-14,18,25H,6-10H2,1-2H3/t18-/m0/s1. The zero-order valence-electron chi connectivity index (χ0n) is 14.8. The third-order valence-electron chi connectivity index (χ3n) is 4.75. The summed E-state index contributed by atoms with van der Waals surface area (Å²) in [7, 11) is 0. The normalized spacial score (nSPS) is 17.1. The first kappa shape index (κ1) is 17.7. The molecule has 134 valence electrons. The van der Waals surface area contributed by atoms with Crippen LogP contribution in [0.25, 0.3) is 11.3 Å². The highest BCUT2D eigenvalue weighted by molar-refractivity contribution is 5.59. The Morgan fingerprint density at radius 1 is 1.28 bits per heavy atom. The first-order valence-corrected chi connectivity index (χ1v) is 8.91. The van der Waals surface area contributed by atoms with Crippen LogP contribution in [0.4, 0.5) is 10.3 Å². The molecule has 1 N–H and O–H groups in total. The van der Waals surface area contributed by atoms with Crippen molar-refractivity contribution in [1.82, 2.24) is 15.2 Å². The van der Waals surface area contributed by atoms with Gasteiger partial charge in [0.2, 0.25) is 5.95 Å².